The minimum atomic E-state index is -0.0443. The molecular formula is C16H22ClN3O2S. The van der Waals surface area contributed by atoms with E-state index in [-0.39, 0.29) is 18.3 Å². The normalized spacial score (nSPS) is 10.2. The summed E-state index contributed by atoms with van der Waals surface area (Å²) in [6.07, 6.45) is 0. The van der Waals surface area contributed by atoms with Crippen LogP contribution in [-0.4, -0.2) is 31.2 Å². The van der Waals surface area contributed by atoms with Gasteiger partial charge in [-0.2, -0.15) is 0 Å². The number of nitrogens with one attached hydrogen (secondary N) is 2. The Bertz CT molecular complexity index is 627. The van der Waals surface area contributed by atoms with Gasteiger partial charge in [0.25, 0.3) is 5.91 Å². The van der Waals surface area contributed by atoms with Crippen molar-refractivity contribution in [3.8, 4) is 0 Å². The zero-order valence-electron chi connectivity index (χ0n) is 13.5. The molecule has 0 atom stereocenters. The van der Waals surface area contributed by atoms with E-state index in [1.807, 2.05) is 45.2 Å². The van der Waals surface area contributed by atoms with Crippen LogP contribution in [0.5, 0.6) is 0 Å². The van der Waals surface area contributed by atoms with Gasteiger partial charge in [0, 0.05) is 29.3 Å². The summed E-state index contributed by atoms with van der Waals surface area (Å²) in [4.78, 5) is 13.2. The largest absolute Gasteiger partial charge is 0.361 e. The van der Waals surface area contributed by atoms with Gasteiger partial charge in [-0.25, -0.2) is 0 Å². The van der Waals surface area contributed by atoms with E-state index in [1.54, 1.807) is 11.8 Å². The molecule has 0 fully saturated rings. The van der Waals surface area contributed by atoms with Crippen LogP contribution in [0, 0.1) is 13.8 Å². The van der Waals surface area contributed by atoms with E-state index in [0.717, 1.165) is 34.2 Å². The number of aromatic nitrogens is 1. The van der Waals surface area contributed by atoms with E-state index >= 15 is 0 Å². The zero-order chi connectivity index (χ0) is 15.9. The summed E-state index contributed by atoms with van der Waals surface area (Å²) in [7, 11) is 1.86. The van der Waals surface area contributed by atoms with Crippen molar-refractivity contribution in [1.29, 1.82) is 0 Å². The monoisotopic (exact) mass is 355 g/mol. The maximum Gasteiger partial charge on any atom is 0.252 e. The first-order valence-corrected chi connectivity index (χ1v) is 8.18. The second kappa shape index (κ2) is 9.60. The molecule has 0 saturated carbocycles. The first kappa shape index (κ1) is 19.5. The van der Waals surface area contributed by atoms with Crippen LogP contribution >= 0.6 is 24.2 Å². The molecule has 1 heterocycles. The molecule has 1 amide bonds. The molecule has 2 N–H and O–H groups in total. The summed E-state index contributed by atoms with van der Waals surface area (Å²) in [5.74, 6) is 1.53. The highest BCUT2D eigenvalue weighted by molar-refractivity contribution is 7.98. The van der Waals surface area contributed by atoms with Crippen molar-refractivity contribution in [2.45, 2.75) is 24.5 Å². The lowest BCUT2D eigenvalue weighted by Crippen LogP contribution is -2.30. The summed E-state index contributed by atoms with van der Waals surface area (Å²) in [5, 5.41) is 9.88. The minimum absolute atomic E-state index is 0. The Kier molecular flexibility index (Phi) is 8.16. The number of hydrogen-bond acceptors (Lipinski definition) is 5. The van der Waals surface area contributed by atoms with Gasteiger partial charge >= 0.3 is 0 Å². The molecule has 5 nitrogen and oxygen atoms in total. The first-order valence-electron chi connectivity index (χ1n) is 7.20. The third kappa shape index (κ3) is 5.27. The van der Waals surface area contributed by atoms with Crippen LogP contribution in [0.15, 0.2) is 33.7 Å². The summed E-state index contributed by atoms with van der Waals surface area (Å²) in [5.41, 5.74) is 2.70. The fourth-order valence-electron chi connectivity index (χ4n) is 2.03. The van der Waals surface area contributed by atoms with Gasteiger partial charge in [-0.05, 0) is 33.0 Å². The predicted octanol–water partition coefficient (Wildman–Crippen LogP) is 2.95. The number of nitrogens with zero attached hydrogens (tertiary/aromatic N) is 1. The smallest absolute Gasteiger partial charge is 0.252 e. The fraction of sp³-hybridized carbons (Fsp3) is 0.375. The average Bonchev–Trinajstić information content (AvgIpc) is 2.84. The van der Waals surface area contributed by atoms with Crippen LogP contribution in [-0.2, 0) is 5.75 Å². The lowest BCUT2D eigenvalue weighted by molar-refractivity contribution is 0.0951. The molecule has 0 spiro atoms. The van der Waals surface area contributed by atoms with E-state index in [2.05, 4.69) is 15.8 Å². The molecule has 0 saturated heterocycles. The van der Waals surface area contributed by atoms with Gasteiger partial charge in [-0.15, -0.1) is 24.2 Å². The SMILES string of the molecule is CNCCNC(=O)c1ccccc1SCc1c(C)noc1C.Cl. The molecule has 0 aliphatic heterocycles. The van der Waals surface area contributed by atoms with Crippen LogP contribution in [0.4, 0.5) is 0 Å². The molecule has 1 aromatic carbocycles. The number of carbonyl (C=O) groups is 1. The lowest BCUT2D eigenvalue weighted by Gasteiger charge is -2.09. The molecule has 126 valence electrons. The van der Waals surface area contributed by atoms with Gasteiger partial charge in [-0.3, -0.25) is 4.79 Å². The topological polar surface area (TPSA) is 67.2 Å². The Hall–Kier alpha value is -1.50. The number of rotatable bonds is 7. The van der Waals surface area contributed by atoms with E-state index in [1.165, 1.54) is 0 Å². The van der Waals surface area contributed by atoms with Crippen LogP contribution in [0.3, 0.4) is 0 Å². The summed E-state index contributed by atoms with van der Waals surface area (Å²) < 4.78 is 5.18. The van der Waals surface area contributed by atoms with E-state index in [9.17, 15) is 4.79 Å². The quantitative estimate of drug-likeness (QED) is 0.590. The van der Waals surface area contributed by atoms with Crippen LogP contribution < -0.4 is 10.6 Å². The van der Waals surface area contributed by atoms with Gasteiger partial charge in [0.1, 0.15) is 5.76 Å². The van der Waals surface area contributed by atoms with Crippen molar-refractivity contribution in [3.63, 3.8) is 0 Å². The second-order valence-corrected chi connectivity index (χ2v) is 5.96. The number of amides is 1. The van der Waals surface area contributed by atoms with E-state index in [4.69, 9.17) is 4.52 Å². The highest BCUT2D eigenvalue weighted by Gasteiger charge is 2.13. The van der Waals surface area contributed by atoms with Gasteiger partial charge in [0.15, 0.2) is 0 Å². The van der Waals surface area contributed by atoms with Crippen molar-refractivity contribution < 1.29 is 9.32 Å². The van der Waals surface area contributed by atoms with Crippen LogP contribution in [0.25, 0.3) is 0 Å². The molecule has 0 radical (unpaired) electrons. The Morgan fingerprint density at radius 3 is 2.65 bits per heavy atom. The maximum atomic E-state index is 12.3. The van der Waals surface area contributed by atoms with Crippen molar-refractivity contribution in [2.24, 2.45) is 0 Å². The van der Waals surface area contributed by atoms with Gasteiger partial charge in [-0.1, -0.05) is 17.3 Å². The maximum absolute atomic E-state index is 12.3. The Morgan fingerprint density at radius 2 is 2.00 bits per heavy atom. The molecule has 23 heavy (non-hydrogen) atoms. The highest BCUT2D eigenvalue weighted by atomic mass is 35.5. The standard InChI is InChI=1S/C16H21N3O2S.ClH/c1-11-14(12(2)21-19-11)10-22-15-7-5-4-6-13(15)16(20)18-9-8-17-3;/h4-7,17H,8-10H2,1-3H3,(H,18,20);1H. The summed E-state index contributed by atoms with van der Waals surface area (Å²) in [6.45, 7) is 5.20. The summed E-state index contributed by atoms with van der Waals surface area (Å²) >= 11 is 1.62. The molecule has 2 rings (SSSR count). The molecule has 7 heteroatoms. The van der Waals surface area contributed by atoms with Crippen molar-refractivity contribution >= 4 is 30.1 Å². The molecule has 0 bridgehead atoms. The molecule has 0 aliphatic carbocycles. The first-order chi connectivity index (χ1) is 10.6. The Labute approximate surface area is 147 Å². The number of benzene rings is 1. The molecule has 1 aromatic heterocycles. The van der Waals surface area contributed by atoms with Gasteiger partial charge in [0.2, 0.25) is 0 Å². The summed E-state index contributed by atoms with van der Waals surface area (Å²) in [6, 6.07) is 7.65. The lowest BCUT2D eigenvalue weighted by atomic mass is 10.2. The van der Waals surface area contributed by atoms with Gasteiger partial charge < -0.3 is 15.2 Å². The fourth-order valence-corrected chi connectivity index (χ4v) is 3.24. The van der Waals surface area contributed by atoms with Crippen molar-refractivity contribution in [3.05, 3.63) is 46.8 Å². The number of hydrogen-bond donors (Lipinski definition) is 2. The minimum Gasteiger partial charge on any atom is -0.361 e. The predicted molar refractivity (Wildman–Crippen MR) is 95.5 cm³/mol. The van der Waals surface area contributed by atoms with Gasteiger partial charge in [0.05, 0.1) is 11.3 Å². The third-order valence-electron chi connectivity index (χ3n) is 3.35. The molecule has 0 unspecified atom stereocenters. The van der Waals surface area contributed by atoms with E-state index in [0.29, 0.717) is 12.1 Å². The number of carbonyl (C=O) groups excluding carboxylic acids is 1. The van der Waals surface area contributed by atoms with Crippen LogP contribution in [0.1, 0.15) is 27.4 Å². The average molecular weight is 356 g/mol. The number of aryl methyl sites for hydroxylation is 2. The third-order valence-corrected chi connectivity index (χ3v) is 4.45. The number of likely N-dealkylation sites (N-methyl/N-ethyl adjacent to an activating group) is 1. The number of thioether (sulfide) groups is 1. The zero-order valence-corrected chi connectivity index (χ0v) is 15.1. The highest BCUT2D eigenvalue weighted by Crippen LogP contribution is 2.28. The Balaban J connectivity index is 0.00000264. The van der Waals surface area contributed by atoms with E-state index < -0.39 is 0 Å². The second-order valence-electron chi connectivity index (χ2n) is 4.95. The number of halogens is 1. The molecule has 0 aliphatic rings. The van der Waals surface area contributed by atoms with Crippen molar-refractivity contribution in [1.82, 2.24) is 15.8 Å². The Morgan fingerprint density at radius 1 is 1.26 bits per heavy atom. The van der Waals surface area contributed by atoms with Crippen LogP contribution in [0.2, 0.25) is 0 Å². The molecular weight excluding hydrogens is 334 g/mol. The molecule has 2 aromatic rings. The van der Waals surface area contributed by atoms with Crippen molar-refractivity contribution in [2.75, 3.05) is 20.1 Å².